The molecule has 8 heteroatoms. The lowest BCUT2D eigenvalue weighted by molar-refractivity contribution is -0.124. The number of anilines is 1. The van der Waals surface area contributed by atoms with Gasteiger partial charge in [0.2, 0.25) is 11.8 Å². The first-order valence-corrected chi connectivity index (χ1v) is 10.1. The van der Waals surface area contributed by atoms with E-state index in [4.69, 9.17) is 16.3 Å². The monoisotopic (exact) mass is 431 g/mol. The Labute approximate surface area is 181 Å². The van der Waals surface area contributed by atoms with Crippen molar-refractivity contribution in [2.75, 3.05) is 32.1 Å². The van der Waals surface area contributed by atoms with Gasteiger partial charge in [0.05, 0.1) is 30.8 Å². The Balaban J connectivity index is 1.90. The van der Waals surface area contributed by atoms with E-state index in [1.807, 2.05) is 6.92 Å². The zero-order valence-corrected chi connectivity index (χ0v) is 17.9. The van der Waals surface area contributed by atoms with Crippen LogP contribution >= 0.6 is 11.6 Å². The fourth-order valence-corrected chi connectivity index (χ4v) is 2.91. The van der Waals surface area contributed by atoms with Crippen LogP contribution in [-0.2, 0) is 9.59 Å². The summed E-state index contributed by atoms with van der Waals surface area (Å²) in [5, 5.41) is 5.57. The highest BCUT2D eigenvalue weighted by Crippen LogP contribution is 2.17. The van der Waals surface area contributed by atoms with Gasteiger partial charge in [0, 0.05) is 12.2 Å². The second-order valence-corrected chi connectivity index (χ2v) is 7.02. The van der Waals surface area contributed by atoms with Crippen LogP contribution in [0.3, 0.4) is 0 Å². The summed E-state index contributed by atoms with van der Waals surface area (Å²) in [6, 6.07) is 13.6. The quantitative estimate of drug-likeness (QED) is 0.604. The van der Waals surface area contributed by atoms with Gasteiger partial charge in [-0.3, -0.25) is 14.4 Å². The van der Waals surface area contributed by atoms with Crippen molar-refractivity contribution in [3.8, 4) is 5.75 Å². The molecule has 0 spiro atoms. The van der Waals surface area contributed by atoms with Gasteiger partial charge in [-0.05, 0) is 42.8 Å². The molecule has 7 nitrogen and oxygen atoms in total. The third kappa shape index (κ3) is 7.08. The van der Waals surface area contributed by atoms with Crippen molar-refractivity contribution < 1.29 is 19.1 Å². The minimum atomic E-state index is -0.420. The van der Waals surface area contributed by atoms with E-state index in [0.29, 0.717) is 28.6 Å². The number of nitrogens with one attached hydrogen (secondary N) is 2. The predicted octanol–water partition coefficient (Wildman–Crippen LogP) is 3.35. The number of halogens is 1. The Kier molecular flexibility index (Phi) is 9.15. The van der Waals surface area contributed by atoms with E-state index in [1.165, 1.54) is 4.90 Å². The molecule has 2 rings (SSSR count). The van der Waals surface area contributed by atoms with Crippen molar-refractivity contribution in [2.24, 2.45) is 0 Å². The fraction of sp³-hybridized carbons (Fsp3) is 0.318. The molecular weight excluding hydrogens is 406 g/mol. The van der Waals surface area contributed by atoms with Crippen LogP contribution in [0.5, 0.6) is 5.75 Å². The highest BCUT2D eigenvalue weighted by Gasteiger charge is 2.20. The van der Waals surface area contributed by atoms with Crippen molar-refractivity contribution in [1.82, 2.24) is 10.2 Å². The highest BCUT2D eigenvalue weighted by atomic mass is 35.5. The molecule has 0 aliphatic heterocycles. The molecule has 0 aromatic heterocycles. The number of methoxy groups -OCH3 is 1. The lowest BCUT2D eigenvalue weighted by Crippen LogP contribution is -2.43. The lowest BCUT2D eigenvalue weighted by atomic mass is 10.2. The maximum absolute atomic E-state index is 12.8. The molecule has 160 valence electrons. The summed E-state index contributed by atoms with van der Waals surface area (Å²) in [7, 11) is 1.56. The van der Waals surface area contributed by atoms with Crippen LogP contribution in [0.25, 0.3) is 0 Å². The van der Waals surface area contributed by atoms with Gasteiger partial charge in [-0.15, -0.1) is 0 Å². The maximum atomic E-state index is 12.8. The zero-order chi connectivity index (χ0) is 21.9. The third-order valence-corrected chi connectivity index (χ3v) is 4.66. The summed E-state index contributed by atoms with van der Waals surface area (Å²) in [6.45, 7) is 2.07. The molecule has 0 unspecified atom stereocenters. The molecule has 0 fully saturated rings. The number of carbonyl (C=O) groups excluding carboxylic acids is 3. The normalized spacial score (nSPS) is 10.2. The van der Waals surface area contributed by atoms with Crippen LogP contribution in [0.1, 0.15) is 30.1 Å². The molecule has 0 heterocycles. The van der Waals surface area contributed by atoms with E-state index in [-0.39, 0.29) is 24.9 Å². The van der Waals surface area contributed by atoms with Crippen LogP contribution in [0.15, 0.2) is 48.5 Å². The van der Waals surface area contributed by atoms with Crippen LogP contribution in [0, 0.1) is 0 Å². The van der Waals surface area contributed by atoms with Gasteiger partial charge in [0.15, 0.2) is 0 Å². The van der Waals surface area contributed by atoms with E-state index in [0.717, 1.165) is 12.8 Å². The highest BCUT2D eigenvalue weighted by molar-refractivity contribution is 6.33. The van der Waals surface area contributed by atoms with Crippen LogP contribution < -0.4 is 15.4 Å². The van der Waals surface area contributed by atoms with E-state index in [2.05, 4.69) is 10.6 Å². The number of rotatable bonds is 10. The van der Waals surface area contributed by atoms with Crippen LogP contribution in [-0.4, -0.2) is 49.4 Å². The minimum Gasteiger partial charge on any atom is -0.497 e. The summed E-state index contributed by atoms with van der Waals surface area (Å²) in [4.78, 5) is 38.7. The zero-order valence-electron chi connectivity index (χ0n) is 17.1. The topological polar surface area (TPSA) is 87.7 Å². The SMILES string of the molecule is CCCCN(CC(=O)NCC(=O)Nc1ccc(OC)cc1)C(=O)c1ccccc1Cl. The Hall–Kier alpha value is -3.06. The van der Waals surface area contributed by atoms with E-state index < -0.39 is 5.91 Å². The third-order valence-electron chi connectivity index (χ3n) is 4.33. The average Bonchev–Trinajstić information content (AvgIpc) is 2.75. The second kappa shape index (κ2) is 11.8. The first kappa shape index (κ1) is 23.2. The molecule has 0 saturated heterocycles. The van der Waals surface area contributed by atoms with Crippen molar-refractivity contribution >= 4 is 35.0 Å². The Bertz CT molecular complexity index is 871. The number of nitrogens with zero attached hydrogens (tertiary/aromatic N) is 1. The summed E-state index contributed by atoms with van der Waals surface area (Å²) in [5.74, 6) is -0.425. The molecule has 2 aromatic carbocycles. The van der Waals surface area contributed by atoms with Crippen molar-refractivity contribution in [1.29, 1.82) is 0 Å². The maximum Gasteiger partial charge on any atom is 0.255 e. The average molecular weight is 432 g/mol. The number of unbranched alkanes of at least 4 members (excludes halogenated alkanes) is 1. The van der Waals surface area contributed by atoms with Gasteiger partial charge in [-0.25, -0.2) is 0 Å². The Morgan fingerprint density at radius 3 is 2.37 bits per heavy atom. The molecule has 0 aliphatic carbocycles. The summed E-state index contributed by atoms with van der Waals surface area (Å²) < 4.78 is 5.07. The molecule has 0 bridgehead atoms. The summed E-state index contributed by atoms with van der Waals surface area (Å²) in [6.07, 6.45) is 1.62. The first-order chi connectivity index (χ1) is 14.4. The van der Waals surface area contributed by atoms with Gasteiger partial charge >= 0.3 is 0 Å². The largest absolute Gasteiger partial charge is 0.497 e. The van der Waals surface area contributed by atoms with Gasteiger partial charge < -0.3 is 20.3 Å². The second-order valence-electron chi connectivity index (χ2n) is 6.61. The lowest BCUT2D eigenvalue weighted by Gasteiger charge is -2.22. The number of hydrogen-bond acceptors (Lipinski definition) is 4. The molecular formula is C22H26ClN3O4. The molecule has 0 atom stereocenters. The Morgan fingerprint density at radius 1 is 1.03 bits per heavy atom. The fourth-order valence-electron chi connectivity index (χ4n) is 2.69. The molecule has 2 N–H and O–H groups in total. The van der Waals surface area contributed by atoms with Gasteiger partial charge in [-0.1, -0.05) is 37.1 Å². The van der Waals surface area contributed by atoms with Crippen LogP contribution in [0.2, 0.25) is 5.02 Å². The number of benzene rings is 2. The molecule has 0 radical (unpaired) electrons. The predicted molar refractivity (Wildman–Crippen MR) is 117 cm³/mol. The smallest absolute Gasteiger partial charge is 0.255 e. The molecule has 30 heavy (non-hydrogen) atoms. The molecule has 0 aliphatic rings. The number of hydrogen-bond donors (Lipinski definition) is 2. The number of carbonyl (C=O) groups is 3. The minimum absolute atomic E-state index is 0.153. The van der Waals surface area contributed by atoms with Crippen molar-refractivity contribution in [3.05, 3.63) is 59.1 Å². The Morgan fingerprint density at radius 2 is 1.73 bits per heavy atom. The summed E-state index contributed by atoms with van der Waals surface area (Å²) in [5.41, 5.74) is 0.939. The van der Waals surface area contributed by atoms with Gasteiger partial charge in [0.25, 0.3) is 5.91 Å². The molecule has 2 aromatic rings. The first-order valence-electron chi connectivity index (χ1n) is 9.69. The number of amides is 3. The van der Waals surface area contributed by atoms with Crippen molar-refractivity contribution in [3.63, 3.8) is 0 Å². The van der Waals surface area contributed by atoms with E-state index >= 15 is 0 Å². The summed E-state index contributed by atoms with van der Waals surface area (Å²) >= 11 is 6.12. The standard InChI is InChI=1S/C22H26ClN3O4/c1-3-4-13-26(22(29)18-7-5-6-8-19(18)23)15-21(28)24-14-20(27)25-16-9-11-17(30-2)12-10-16/h5-12H,3-4,13-15H2,1-2H3,(H,24,28)(H,25,27). The molecule has 3 amide bonds. The van der Waals surface area contributed by atoms with Crippen molar-refractivity contribution in [2.45, 2.75) is 19.8 Å². The number of ether oxygens (including phenoxy) is 1. The van der Waals surface area contributed by atoms with Gasteiger partial charge in [-0.2, -0.15) is 0 Å². The van der Waals surface area contributed by atoms with E-state index in [9.17, 15) is 14.4 Å². The van der Waals surface area contributed by atoms with Gasteiger partial charge in [0.1, 0.15) is 5.75 Å². The van der Waals surface area contributed by atoms with E-state index in [1.54, 1.807) is 55.6 Å². The van der Waals surface area contributed by atoms with Crippen LogP contribution in [0.4, 0.5) is 5.69 Å². The molecule has 0 saturated carbocycles.